The molecule has 4 rings (SSSR count). The van der Waals surface area contributed by atoms with Gasteiger partial charge in [0.15, 0.2) is 0 Å². The Hall–Kier alpha value is -2.91. The summed E-state index contributed by atoms with van der Waals surface area (Å²) in [5.74, 6) is 7.61. The number of carbonyl (C=O) groups is 1. The lowest BCUT2D eigenvalue weighted by Gasteiger charge is -2.25. The van der Waals surface area contributed by atoms with Crippen molar-refractivity contribution in [1.29, 1.82) is 0 Å². The molecule has 0 aliphatic carbocycles. The molecule has 0 bridgehead atoms. The number of nitrogens with zero attached hydrogens (tertiary/aromatic N) is 2. The number of fused-ring (bicyclic) bond motifs is 1. The molecule has 250 valence electrons. The van der Waals surface area contributed by atoms with E-state index in [9.17, 15) is 4.79 Å². The Bertz CT molecular complexity index is 1480. The van der Waals surface area contributed by atoms with Crippen LogP contribution in [-0.2, 0) is 19.1 Å². The van der Waals surface area contributed by atoms with Gasteiger partial charge in [-0.05, 0) is 92.1 Å². The first-order valence-electron chi connectivity index (χ1n) is 15.4. The number of methoxy groups -OCH3 is 1. The number of hydrazine groups is 1. The zero-order valence-electron chi connectivity index (χ0n) is 27.2. The highest BCUT2D eigenvalue weighted by molar-refractivity contribution is 14.1. The van der Waals surface area contributed by atoms with Crippen molar-refractivity contribution in [3.05, 3.63) is 70.8 Å². The third-order valence-corrected chi connectivity index (χ3v) is 9.23. The Kier molecular flexibility index (Phi) is 13.5. The lowest BCUT2D eigenvalue weighted by Crippen LogP contribution is -2.27. The smallest absolute Gasteiger partial charge is 0.306 e. The van der Waals surface area contributed by atoms with Crippen LogP contribution in [-0.4, -0.2) is 56.9 Å². The molecule has 1 heterocycles. The molecule has 1 aliphatic heterocycles. The summed E-state index contributed by atoms with van der Waals surface area (Å²) in [4.78, 5) is 13.9. The molecule has 10 nitrogen and oxygen atoms in total. The van der Waals surface area contributed by atoms with E-state index in [2.05, 4.69) is 42.4 Å². The van der Waals surface area contributed by atoms with Gasteiger partial charge in [0.05, 0.1) is 43.9 Å². The number of nitrogens with two attached hydrogens (primary N) is 2. The summed E-state index contributed by atoms with van der Waals surface area (Å²) in [6.45, 7) is 9.07. The minimum atomic E-state index is -0.306. The fraction of sp³-hybridized carbons (Fsp3) is 0.441. The van der Waals surface area contributed by atoms with Crippen molar-refractivity contribution in [1.82, 2.24) is 4.31 Å². The summed E-state index contributed by atoms with van der Waals surface area (Å²) in [6, 6.07) is 16.2. The number of nitrogen functional groups attached to an aromatic ring is 1. The number of benzene rings is 3. The van der Waals surface area contributed by atoms with Crippen molar-refractivity contribution in [2.75, 3.05) is 51.3 Å². The van der Waals surface area contributed by atoms with E-state index in [0.29, 0.717) is 36.9 Å². The summed E-state index contributed by atoms with van der Waals surface area (Å²) in [5, 5.41) is 1.43. The number of hydrogen-bond acceptors (Lipinski definition) is 11. The standard InChI is InChI=1S/C34H45IN4O6S/c1-6-42-33(40)19-28(25-16-29(36)34(38(4)37)31(17-25)41-5)24-10-9-22(2)26(15-24)21-39-20-23(3)45-30-18-27(11-12-32(30)46-39)43-13-7-8-14-44-35/h9-12,15-18,23,28H,6-8,13-14,19-21,36-37H2,1-5H3. The Labute approximate surface area is 290 Å². The molecule has 1 aliphatic rings. The number of aryl methyl sites for hydroxylation is 1. The maximum Gasteiger partial charge on any atom is 0.306 e. The monoisotopic (exact) mass is 764 g/mol. The molecule has 46 heavy (non-hydrogen) atoms. The molecule has 0 radical (unpaired) electrons. The molecule has 3 aromatic carbocycles. The maximum absolute atomic E-state index is 12.8. The second-order valence-electron chi connectivity index (χ2n) is 11.3. The highest BCUT2D eigenvalue weighted by atomic mass is 127. The van der Waals surface area contributed by atoms with Crippen LogP contribution in [0.5, 0.6) is 17.2 Å². The van der Waals surface area contributed by atoms with Crippen LogP contribution in [0.2, 0.25) is 0 Å². The quantitative estimate of drug-likeness (QED) is 0.0324. The van der Waals surface area contributed by atoms with Crippen molar-refractivity contribution >= 4 is 52.3 Å². The van der Waals surface area contributed by atoms with Crippen LogP contribution < -0.4 is 30.8 Å². The number of carbonyl (C=O) groups excluding carboxylic acids is 1. The Morgan fingerprint density at radius 3 is 2.65 bits per heavy atom. The third kappa shape index (κ3) is 9.57. The molecule has 0 aromatic heterocycles. The molecule has 0 fully saturated rings. The SMILES string of the molecule is CCOC(=O)CC(c1ccc(C)c(CN2CC(C)Oc3cc(OCCCCOI)ccc3S2)c1)c1cc(N)c(N(C)N)c(OC)c1. The fourth-order valence-electron chi connectivity index (χ4n) is 5.48. The highest BCUT2D eigenvalue weighted by Crippen LogP contribution is 2.41. The fourth-order valence-corrected chi connectivity index (χ4v) is 6.88. The van der Waals surface area contributed by atoms with Crippen molar-refractivity contribution in [2.45, 2.75) is 63.5 Å². The van der Waals surface area contributed by atoms with E-state index in [1.165, 1.54) is 5.01 Å². The van der Waals surface area contributed by atoms with Crippen molar-refractivity contribution in [3.8, 4) is 17.2 Å². The number of hydrogen-bond donors (Lipinski definition) is 2. The number of unbranched alkanes of at least 4 members (excludes halogenated alkanes) is 1. The Morgan fingerprint density at radius 2 is 1.93 bits per heavy atom. The number of rotatable bonds is 15. The summed E-state index contributed by atoms with van der Waals surface area (Å²) in [5.41, 5.74) is 11.6. The molecule has 4 N–H and O–H groups in total. The number of halogens is 1. The normalized spacial score (nSPS) is 15.3. The van der Waals surface area contributed by atoms with Crippen LogP contribution in [0.3, 0.4) is 0 Å². The van der Waals surface area contributed by atoms with Gasteiger partial charge < -0.3 is 32.8 Å². The molecule has 0 amide bonds. The van der Waals surface area contributed by atoms with Gasteiger partial charge in [0.2, 0.25) is 0 Å². The maximum atomic E-state index is 12.8. The summed E-state index contributed by atoms with van der Waals surface area (Å²) >= 11 is 3.60. The minimum absolute atomic E-state index is 0.0283. The Morgan fingerprint density at radius 1 is 1.15 bits per heavy atom. The molecule has 0 spiro atoms. The van der Waals surface area contributed by atoms with Crippen LogP contribution in [0.1, 0.15) is 61.3 Å². The van der Waals surface area contributed by atoms with E-state index in [1.54, 1.807) is 26.1 Å². The average molecular weight is 765 g/mol. The van der Waals surface area contributed by atoms with Gasteiger partial charge in [-0.15, -0.1) is 0 Å². The van der Waals surface area contributed by atoms with E-state index >= 15 is 0 Å². The highest BCUT2D eigenvalue weighted by Gasteiger charge is 2.26. The predicted molar refractivity (Wildman–Crippen MR) is 192 cm³/mol. The number of anilines is 2. The topological polar surface area (TPSA) is 122 Å². The molecular weight excluding hydrogens is 719 g/mol. The summed E-state index contributed by atoms with van der Waals surface area (Å²) in [7, 11) is 3.29. The van der Waals surface area contributed by atoms with E-state index in [-0.39, 0.29) is 24.4 Å². The lowest BCUT2D eigenvalue weighted by molar-refractivity contribution is -0.143. The van der Waals surface area contributed by atoms with Crippen molar-refractivity contribution in [2.24, 2.45) is 5.84 Å². The van der Waals surface area contributed by atoms with E-state index < -0.39 is 0 Å². The van der Waals surface area contributed by atoms with Crippen LogP contribution >= 0.6 is 35.0 Å². The zero-order chi connectivity index (χ0) is 33.2. The van der Waals surface area contributed by atoms with Crippen LogP contribution in [0.4, 0.5) is 11.4 Å². The minimum Gasteiger partial charge on any atom is -0.494 e. The summed E-state index contributed by atoms with van der Waals surface area (Å²) < 4.78 is 30.7. The van der Waals surface area contributed by atoms with Gasteiger partial charge in [-0.1, -0.05) is 18.2 Å². The van der Waals surface area contributed by atoms with E-state index in [1.807, 2.05) is 54.2 Å². The second kappa shape index (κ2) is 17.3. The molecule has 0 saturated carbocycles. The summed E-state index contributed by atoms with van der Waals surface area (Å²) in [6.07, 6.45) is 2.01. The van der Waals surface area contributed by atoms with Crippen LogP contribution in [0, 0.1) is 6.92 Å². The van der Waals surface area contributed by atoms with Gasteiger partial charge >= 0.3 is 5.97 Å². The first-order valence-corrected chi connectivity index (χ1v) is 17.1. The van der Waals surface area contributed by atoms with Gasteiger partial charge in [-0.25, -0.2) is 10.1 Å². The van der Waals surface area contributed by atoms with E-state index in [0.717, 1.165) is 64.6 Å². The van der Waals surface area contributed by atoms with E-state index in [4.69, 9.17) is 33.6 Å². The Balaban J connectivity index is 1.59. The molecule has 3 aromatic rings. The van der Waals surface area contributed by atoms with Crippen LogP contribution in [0.25, 0.3) is 0 Å². The van der Waals surface area contributed by atoms with Gasteiger partial charge in [-0.3, -0.25) is 4.79 Å². The third-order valence-electron chi connectivity index (χ3n) is 7.72. The molecule has 2 atom stereocenters. The van der Waals surface area contributed by atoms with Gasteiger partial charge in [0, 0.05) is 32.1 Å². The average Bonchev–Trinajstić information content (AvgIpc) is 3.17. The second-order valence-corrected chi connectivity index (χ2v) is 13.1. The van der Waals surface area contributed by atoms with Gasteiger partial charge in [0.25, 0.3) is 0 Å². The predicted octanol–water partition coefficient (Wildman–Crippen LogP) is 6.80. The van der Waals surface area contributed by atoms with Gasteiger partial charge in [0.1, 0.15) is 52.0 Å². The number of esters is 1. The molecule has 2 unspecified atom stereocenters. The first-order chi connectivity index (χ1) is 22.1. The largest absolute Gasteiger partial charge is 0.494 e. The molecule has 12 heteroatoms. The van der Waals surface area contributed by atoms with Crippen molar-refractivity contribution in [3.63, 3.8) is 0 Å². The lowest BCUT2D eigenvalue weighted by atomic mass is 9.86. The molecule has 0 saturated heterocycles. The van der Waals surface area contributed by atoms with Crippen LogP contribution in [0.15, 0.2) is 53.4 Å². The number of ether oxygens (including phenoxy) is 4. The van der Waals surface area contributed by atoms with Crippen molar-refractivity contribution < 1.29 is 26.8 Å². The van der Waals surface area contributed by atoms with Gasteiger partial charge in [-0.2, -0.15) is 0 Å². The molecular formula is C34H45IN4O6S. The zero-order valence-corrected chi connectivity index (χ0v) is 30.2. The first kappa shape index (κ1) is 35.9.